The molecule has 0 heterocycles. The lowest BCUT2D eigenvalue weighted by Crippen LogP contribution is -2.40. The van der Waals surface area contributed by atoms with E-state index in [2.05, 4.69) is 52.2 Å². The molecule has 5 nitrogen and oxygen atoms in total. The van der Waals surface area contributed by atoms with Crippen LogP contribution in [0.4, 0.5) is 0 Å². The van der Waals surface area contributed by atoms with Crippen molar-refractivity contribution in [3.63, 3.8) is 0 Å². The molecular formula is C19H35N3O2. The molecule has 0 radical (unpaired) electrons. The maximum absolute atomic E-state index is 12.0. The number of carbonyl (C=O) groups excluding carboxylic acids is 1. The summed E-state index contributed by atoms with van der Waals surface area (Å²) >= 11 is 0. The molecule has 0 aromatic heterocycles. The van der Waals surface area contributed by atoms with E-state index in [1.807, 2.05) is 6.07 Å². The summed E-state index contributed by atoms with van der Waals surface area (Å²) in [7, 11) is 0. The number of nitriles is 1. The van der Waals surface area contributed by atoms with E-state index in [0.29, 0.717) is 13.2 Å². The lowest BCUT2D eigenvalue weighted by atomic mass is 9.82. The van der Waals surface area contributed by atoms with Crippen LogP contribution < -0.4 is 10.6 Å². The molecule has 0 aliphatic heterocycles. The SMILES string of the molecule is CCCCOCCCNC(=O)/C(C#N)=C\NC(C)(C)CC(C)(C)C. The summed E-state index contributed by atoms with van der Waals surface area (Å²) in [5.41, 5.74) is 0.0779. The summed E-state index contributed by atoms with van der Waals surface area (Å²) in [4.78, 5) is 12.0. The Hall–Kier alpha value is -1.54. The molecule has 0 bridgehead atoms. The largest absolute Gasteiger partial charge is 0.385 e. The standard InChI is InChI=1S/C19H35N3O2/c1-7-8-11-24-12-9-10-21-17(23)16(13-20)14-22-19(5,6)15-18(2,3)4/h14,22H,7-12,15H2,1-6H3,(H,21,23)/b16-14-. The summed E-state index contributed by atoms with van der Waals surface area (Å²) < 4.78 is 5.44. The Bertz CT molecular complexity index is 443. The zero-order valence-electron chi connectivity index (χ0n) is 16.3. The van der Waals surface area contributed by atoms with Crippen LogP contribution in [0.3, 0.4) is 0 Å². The van der Waals surface area contributed by atoms with E-state index in [0.717, 1.165) is 32.3 Å². The number of unbranched alkanes of at least 4 members (excludes halogenated alkanes) is 1. The van der Waals surface area contributed by atoms with Crippen molar-refractivity contribution < 1.29 is 9.53 Å². The van der Waals surface area contributed by atoms with Crippen LogP contribution in [0.5, 0.6) is 0 Å². The van der Waals surface area contributed by atoms with Crippen molar-refractivity contribution in [1.29, 1.82) is 5.26 Å². The minimum absolute atomic E-state index is 0.101. The fourth-order valence-electron chi connectivity index (χ4n) is 2.61. The van der Waals surface area contributed by atoms with Gasteiger partial charge in [-0.05, 0) is 38.5 Å². The third kappa shape index (κ3) is 12.0. The van der Waals surface area contributed by atoms with Crippen LogP contribution in [0.1, 0.15) is 67.2 Å². The van der Waals surface area contributed by atoms with Gasteiger partial charge in [-0.3, -0.25) is 4.79 Å². The van der Waals surface area contributed by atoms with Gasteiger partial charge in [-0.15, -0.1) is 0 Å². The van der Waals surface area contributed by atoms with Crippen LogP contribution in [0, 0.1) is 16.7 Å². The highest BCUT2D eigenvalue weighted by Gasteiger charge is 2.24. The number of amides is 1. The molecule has 0 aliphatic rings. The fourth-order valence-corrected chi connectivity index (χ4v) is 2.61. The van der Waals surface area contributed by atoms with E-state index in [1.165, 1.54) is 6.20 Å². The van der Waals surface area contributed by atoms with Crippen molar-refractivity contribution in [2.45, 2.75) is 72.8 Å². The molecule has 5 heteroatoms. The van der Waals surface area contributed by atoms with E-state index in [9.17, 15) is 10.1 Å². The first-order chi connectivity index (χ1) is 11.1. The molecule has 0 unspecified atom stereocenters. The summed E-state index contributed by atoms with van der Waals surface area (Å²) in [5, 5.41) is 15.1. The Morgan fingerprint density at radius 1 is 1.17 bits per heavy atom. The van der Waals surface area contributed by atoms with E-state index in [1.54, 1.807) is 0 Å². The van der Waals surface area contributed by atoms with Crippen LogP contribution in [0.25, 0.3) is 0 Å². The number of nitrogens with zero attached hydrogens (tertiary/aromatic N) is 1. The van der Waals surface area contributed by atoms with Crippen molar-refractivity contribution in [3.8, 4) is 6.07 Å². The van der Waals surface area contributed by atoms with Gasteiger partial charge in [0.25, 0.3) is 5.91 Å². The first-order valence-corrected chi connectivity index (χ1v) is 8.85. The van der Waals surface area contributed by atoms with Gasteiger partial charge in [0.1, 0.15) is 11.6 Å². The molecule has 0 aromatic rings. The molecule has 138 valence electrons. The van der Waals surface area contributed by atoms with Crippen molar-refractivity contribution in [3.05, 3.63) is 11.8 Å². The van der Waals surface area contributed by atoms with Crippen LogP contribution in [-0.2, 0) is 9.53 Å². The number of carbonyl (C=O) groups is 1. The normalized spacial score (nSPS) is 12.6. The molecule has 0 saturated carbocycles. The van der Waals surface area contributed by atoms with E-state index in [-0.39, 0.29) is 22.4 Å². The molecule has 2 N–H and O–H groups in total. The van der Waals surface area contributed by atoms with Gasteiger partial charge in [-0.1, -0.05) is 34.1 Å². The zero-order chi connectivity index (χ0) is 18.6. The molecule has 24 heavy (non-hydrogen) atoms. The monoisotopic (exact) mass is 337 g/mol. The van der Waals surface area contributed by atoms with Crippen LogP contribution >= 0.6 is 0 Å². The number of ether oxygens (including phenoxy) is 1. The quantitative estimate of drug-likeness (QED) is 0.344. The van der Waals surface area contributed by atoms with Gasteiger partial charge < -0.3 is 15.4 Å². The molecule has 0 aromatic carbocycles. The Labute approximate surface area is 147 Å². The van der Waals surface area contributed by atoms with Crippen LogP contribution in [0.2, 0.25) is 0 Å². The van der Waals surface area contributed by atoms with Gasteiger partial charge in [0, 0.05) is 31.5 Å². The first-order valence-electron chi connectivity index (χ1n) is 8.85. The number of hydrogen-bond donors (Lipinski definition) is 2. The molecule has 0 saturated heterocycles. The van der Waals surface area contributed by atoms with Gasteiger partial charge in [0.05, 0.1) is 0 Å². The second-order valence-corrected chi connectivity index (χ2v) is 8.01. The summed E-state index contributed by atoms with van der Waals surface area (Å²) in [6.07, 6.45) is 5.37. The predicted molar refractivity (Wildman–Crippen MR) is 98.3 cm³/mol. The molecule has 0 atom stereocenters. The minimum atomic E-state index is -0.342. The molecule has 0 aliphatic carbocycles. The second kappa shape index (κ2) is 11.1. The minimum Gasteiger partial charge on any atom is -0.385 e. The fraction of sp³-hybridized carbons (Fsp3) is 0.789. The molecule has 0 spiro atoms. The maximum Gasteiger partial charge on any atom is 0.263 e. The van der Waals surface area contributed by atoms with Gasteiger partial charge in [0.15, 0.2) is 0 Å². The Morgan fingerprint density at radius 2 is 1.79 bits per heavy atom. The molecule has 1 amide bonds. The summed E-state index contributed by atoms with van der Waals surface area (Å²) in [6, 6.07) is 1.96. The summed E-state index contributed by atoms with van der Waals surface area (Å²) in [6.45, 7) is 14.7. The average Bonchev–Trinajstić information content (AvgIpc) is 2.44. The predicted octanol–water partition coefficient (Wildman–Crippen LogP) is 3.52. The Balaban J connectivity index is 4.27. The van der Waals surface area contributed by atoms with E-state index < -0.39 is 0 Å². The third-order valence-electron chi connectivity index (χ3n) is 3.34. The van der Waals surface area contributed by atoms with Gasteiger partial charge in [-0.25, -0.2) is 0 Å². The molecular weight excluding hydrogens is 302 g/mol. The maximum atomic E-state index is 12.0. The average molecular weight is 338 g/mol. The molecule has 0 fully saturated rings. The topological polar surface area (TPSA) is 74.1 Å². The lowest BCUT2D eigenvalue weighted by Gasteiger charge is -2.33. The highest BCUT2D eigenvalue weighted by Crippen LogP contribution is 2.26. The van der Waals surface area contributed by atoms with Crippen LogP contribution in [0.15, 0.2) is 11.8 Å². The second-order valence-electron chi connectivity index (χ2n) is 8.01. The summed E-state index contributed by atoms with van der Waals surface area (Å²) in [5.74, 6) is -0.342. The number of rotatable bonds is 11. The highest BCUT2D eigenvalue weighted by molar-refractivity contribution is 5.97. The Kier molecular flexibility index (Phi) is 10.4. The van der Waals surface area contributed by atoms with Gasteiger partial charge in [-0.2, -0.15) is 5.26 Å². The number of nitrogens with one attached hydrogen (secondary N) is 2. The van der Waals surface area contributed by atoms with Crippen molar-refractivity contribution >= 4 is 5.91 Å². The molecule has 0 rings (SSSR count). The zero-order valence-corrected chi connectivity index (χ0v) is 16.3. The van der Waals surface area contributed by atoms with Crippen molar-refractivity contribution in [1.82, 2.24) is 10.6 Å². The number of hydrogen-bond acceptors (Lipinski definition) is 4. The van der Waals surface area contributed by atoms with Gasteiger partial charge >= 0.3 is 0 Å². The van der Waals surface area contributed by atoms with Crippen molar-refractivity contribution in [2.75, 3.05) is 19.8 Å². The lowest BCUT2D eigenvalue weighted by molar-refractivity contribution is -0.117. The van der Waals surface area contributed by atoms with Crippen LogP contribution in [-0.4, -0.2) is 31.2 Å². The van der Waals surface area contributed by atoms with E-state index in [4.69, 9.17) is 4.74 Å². The Morgan fingerprint density at radius 3 is 2.33 bits per heavy atom. The van der Waals surface area contributed by atoms with E-state index >= 15 is 0 Å². The highest BCUT2D eigenvalue weighted by atomic mass is 16.5. The first kappa shape index (κ1) is 22.5. The third-order valence-corrected chi connectivity index (χ3v) is 3.34. The van der Waals surface area contributed by atoms with Gasteiger partial charge in [0.2, 0.25) is 0 Å². The van der Waals surface area contributed by atoms with Crippen molar-refractivity contribution in [2.24, 2.45) is 5.41 Å². The smallest absolute Gasteiger partial charge is 0.263 e.